The molecule has 1 aromatic carbocycles. The summed E-state index contributed by atoms with van der Waals surface area (Å²) in [4.78, 5) is 11.0. The van der Waals surface area contributed by atoms with Crippen LogP contribution < -0.4 is 4.74 Å². The molecule has 0 amide bonds. The van der Waals surface area contributed by atoms with Gasteiger partial charge in [0.25, 0.3) is 5.22 Å². The van der Waals surface area contributed by atoms with Gasteiger partial charge in [0, 0.05) is 23.6 Å². The van der Waals surface area contributed by atoms with Crippen molar-refractivity contribution >= 4 is 40.9 Å². The molecule has 0 aliphatic rings. The molecule has 0 aliphatic carbocycles. The van der Waals surface area contributed by atoms with Gasteiger partial charge in [-0.3, -0.25) is 4.79 Å². The molecule has 0 N–H and O–H groups in total. The van der Waals surface area contributed by atoms with Gasteiger partial charge in [-0.1, -0.05) is 35.0 Å². The van der Waals surface area contributed by atoms with Crippen molar-refractivity contribution in [2.24, 2.45) is 0 Å². The topological polar surface area (TPSA) is 74.5 Å². The lowest BCUT2D eigenvalue weighted by atomic mass is 10.3. The van der Waals surface area contributed by atoms with Crippen LogP contribution in [-0.4, -0.2) is 35.6 Å². The van der Waals surface area contributed by atoms with Crippen LogP contribution in [0.25, 0.3) is 0 Å². The fourth-order valence-electron chi connectivity index (χ4n) is 1.87. The zero-order valence-corrected chi connectivity index (χ0v) is 16.0. The van der Waals surface area contributed by atoms with Gasteiger partial charge in [-0.2, -0.15) is 0 Å². The largest absolute Gasteiger partial charge is 0.492 e. The average Bonchev–Trinajstić information content (AvgIpc) is 3.04. The molecule has 0 saturated heterocycles. The third-order valence-electron chi connectivity index (χ3n) is 3.11. The number of aryl methyl sites for hydroxylation is 1. The summed E-state index contributed by atoms with van der Waals surface area (Å²) in [6, 6.07) is 5.10. The van der Waals surface area contributed by atoms with Crippen LogP contribution in [0.5, 0.6) is 5.75 Å². The number of methoxy groups -OCH3 is 1. The third kappa shape index (κ3) is 7.13. The Morgan fingerprint density at radius 3 is 2.88 bits per heavy atom. The number of aromatic nitrogens is 2. The van der Waals surface area contributed by atoms with E-state index in [-0.39, 0.29) is 5.97 Å². The number of carbonyl (C=O) groups is 1. The fraction of sp³-hybridized carbons (Fsp3) is 0.438. The van der Waals surface area contributed by atoms with Crippen molar-refractivity contribution in [2.45, 2.75) is 30.9 Å². The van der Waals surface area contributed by atoms with E-state index >= 15 is 0 Å². The van der Waals surface area contributed by atoms with E-state index in [0.717, 1.165) is 5.75 Å². The average molecular weight is 405 g/mol. The Morgan fingerprint density at radius 1 is 1.28 bits per heavy atom. The Labute approximate surface area is 160 Å². The predicted molar refractivity (Wildman–Crippen MR) is 96.6 cm³/mol. The summed E-state index contributed by atoms with van der Waals surface area (Å²) in [7, 11) is 1.38. The second kappa shape index (κ2) is 10.5. The molecule has 25 heavy (non-hydrogen) atoms. The molecule has 6 nitrogen and oxygen atoms in total. The number of hydrogen-bond donors (Lipinski definition) is 0. The number of rotatable bonds is 10. The maximum Gasteiger partial charge on any atom is 0.305 e. The first kappa shape index (κ1) is 19.9. The van der Waals surface area contributed by atoms with E-state index in [1.54, 1.807) is 18.2 Å². The highest BCUT2D eigenvalue weighted by atomic mass is 35.5. The molecule has 136 valence electrons. The van der Waals surface area contributed by atoms with Crippen LogP contribution in [0.3, 0.4) is 0 Å². The van der Waals surface area contributed by atoms with Gasteiger partial charge in [0.05, 0.1) is 18.7 Å². The fourth-order valence-corrected chi connectivity index (χ4v) is 3.05. The maximum atomic E-state index is 11.0. The lowest BCUT2D eigenvalue weighted by Gasteiger charge is -2.07. The van der Waals surface area contributed by atoms with E-state index in [0.29, 0.717) is 59.2 Å². The van der Waals surface area contributed by atoms with Crippen molar-refractivity contribution in [2.75, 3.05) is 19.5 Å². The maximum absolute atomic E-state index is 11.0. The Bertz CT molecular complexity index is 697. The van der Waals surface area contributed by atoms with E-state index in [9.17, 15) is 4.79 Å². The summed E-state index contributed by atoms with van der Waals surface area (Å²) < 4.78 is 15.7. The van der Waals surface area contributed by atoms with Crippen LogP contribution >= 0.6 is 35.0 Å². The number of esters is 1. The molecule has 0 atom stereocenters. The molecule has 0 aliphatic heterocycles. The molecule has 0 fully saturated rings. The molecule has 9 heteroatoms. The first-order valence-electron chi connectivity index (χ1n) is 7.68. The number of benzene rings is 1. The van der Waals surface area contributed by atoms with Gasteiger partial charge in [0.1, 0.15) is 5.75 Å². The molecule has 0 radical (unpaired) electrons. The summed E-state index contributed by atoms with van der Waals surface area (Å²) in [6.45, 7) is 0.478. The summed E-state index contributed by atoms with van der Waals surface area (Å²) in [6.07, 6.45) is 2.41. The van der Waals surface area contributed by atoms with Gasteiger partial charge in [-0.25, -0.2) is 0 Å². The molecule has 1 heterocycles. The Hall–Kier alpha value is -1.44. The molecule has 2 rings (SSSR count). The minimum atomic E-state index is -0.215. The van der Waals surface area contributed by atoms with Crippen LogP contribution in [0.15, 0.2) is 27.8 Å². The highest BCUT2D eigenvalue weighted by Gasteiger charge is 2.08. The number of ether oxygens (including phenoxy) is 2. The monoisotopic (exact) mass is 404 g/mol. The lowest BCUT2D eigenvalue weighted by Crippen LogP contribution is -2.00. The van der Waals surface area contributed by atoms with Crippen molar-refractivity contribution in [3.05, 3.63) is 34.1 Å². The van der Waals surface area contributed by atoms with Crippen molar-refractivity contribution in [3.8, 4) is 5.75 Å². The Morgan fingerprint density at radius 2 is 2.12 bits per heavy atom. The van der Waals surface area contributed by atoms with Crippen molar-refractivity contribution in [3.63, 3.8) is 0 Å². The minimum absolute atomic E-state index is 0.215. The van der Waals surface area contributed by atoms with Crippen molar-refractivity contribution in [1.29, 1.82) is 0 Å². The SMILES string of the molecule is COC(=O)CCCSc1nnc(CCCOc2ccc(Cl)cc2Cl)o1. The van der Waals surface area contributed by atoms with Crippen LogP contribution in [0.2, 0.25) is 10.0 Å². The van der Waals surface area contributed by atoms with Gasteiger partial charge in [-0.15, -0.1) is 10.2 Å². The Kier molecular flexibility index (Phi) is 8.37. The summed E-state index contributed by atoms with van der Waals surface area (Å²) >= 11 is 13.3. The van der Waals surface area contributed by atoms with Crippen LogP contribution in [0.4, 0.5) is 0 Å². The van der Waals surface area contributed by atoms with E-state index < -0.39 is 0 Å². The standard InChI is InChI=1S/C16H18Cl2N2O4S/c1-22-15(21)5-3-9-25-16-20-19-14(24-16)4-2-8-23-13-7-6-11(17)10-12(13)18/h6-7,10H,2-5,8-9H2,1H3. The smallest absolute Gasteiger partial charge is 0.305 e. The quantitative estimate of drug-likeness (QED) is 0.329. The number of hydrogen-bond acceptors (Lipinski definition) is 7. The number of halogens is 2. The molecule has 0 unspecified atom stereocenters. The van der Waals surface area contributed by atoms with Gasteiger partial charge < -0.3 is 13.9 Å². The molecule has 0 bridgehead atoms. The molecule has 1 aromatic heterocycles. The van der Waals surface area contributed by atoms with Gasteiger partial charge in [0.2, 0.25) is 5.89 Å². The molecule has 0 spiro atoms. The zero-order valence-electron chi connectivity index (χ0n) is 13.7. The first-order valence-corrected chi connectivity index (χ1v) is 9.42. The Balaban J connectivity index is 1.65. The van der Waals surface area contributed by atoms with Gasteiger partial charge in [-0.05, 0) is 31.0 Å². The molecule has 0 saturated carbocycles. The highest BCUT2D eigenvalue weighted by molar-refractivity contribution is 7.99. The van der Waals surface area contributed by atoms with Gasteiger partial charge in [0.15, 0.2) is 0 Å². The normalized spacial score (nSPS) is 10.7. The molecular weight excluding hydrogens is 387 g/mol. The van der Waals surface area contributed by atoms with E-state index in [2.05, 4.69) is 14.9 Å². The zero-order chi connectivity index (χ0) is 18.1. The lowest BCUT2D eigenvalue weighted by molar-refractivity contribution is -0.140. The van der Waals surface area contributed by atoms with E-state index in [1.165, 1.54) is 18.9 Å². The second-order valence-corrected chi connectivity index (χ2v) is 6.91. The van der Waals surface area contributed by atoms with Crippen LogP contribution in [0.1, 0.15) is 25.2 Å². The van der Waals surface area contributed by atoms with Crippen LogP contribution in [-0.2, 0) is 16.0 Å². The van der Waals surface area contributed by atoms with E-state index in [4.69, 9.17) is 32.4 Å². The molecule has 2 aromatic rings. The van der Waals surface area contributed by atoms with Crippen molar-refractivity contribution < 1.29 is 18.7 Å². The third-order valence-corrected chi connectivity index (χ3v) is 4.55. The number of nitrogens with zero attached hydrogens (tertiary/aromatic N) is 2. The van der Waals surface area contributed by atoms with Gasteiger partial charge >= 0.3 is 5.97 Å². The summed E-state index contributed by atoms with van der Waals surface area (Å²) in [5, 5.41) is 9.51. The van der Waals surface area contributed by atoms with Crippen LogP contribution in [0, 0.1) is 0 Å². The van der Waals surface area contributed by atoms with E-state index in [1.807, 2.05) is 0 Å². The minimum Gasteiger partial charge on any atom is -0.492 e. The summed E-state index contributed by atoms with van der Waals surface area (Å²) in [5.41, 5.74) is 0. The predicted octanol–water partition coefficient (Wildman–Crippen LogP) is 4.43. The number of carbonyl (C=O) groups excluding carboxylic acids is 1. The number of thioether (sulfide) groups is 1. The van der Waals surface area contributed by atoms with Crippen molar-refractivity contribution in [1.82, 2.24) is 10.2 Å². The highest BCUT2D eigenvalue weighted by Crippen LogP contribution is 2.27. The molecular formula is C16H18Cl2N2O4S. The summed E-state index contributed by atoms with van der Waals surface area (Å²) in [5.74, 6) is 1.65. The first-order chi connectivity index (χ1) is 12.1. The second-order valence-electron chi connectivity index (χ2n) is 5.02.